The van der Waals surface area contributed by atoms with Gasteiger partial charge in [-0.2, -0.15) is 0 Å². The van der Waals surface area contributed by atoms with Crippen molar-refractivity contribution in [3.05, 3.63) is 330 Å². The molecule has 1 spiro atoms. The fourth-order valence-corrected chi connectivity index (χ4v) is 13.6. The Morgan fingerprint density at radius 3 is 1.37 bits per heavy atom. The molecule has 0 aliphatic heterocycles. The minimum atomic E-state index is -0.663. The fraction of sp³-hybridized carbons (Fsp3) is 0.0278. The Hall–Kier alpha value is -9.30. The topological polar surface area (TPSA) is 3.24 Å². The van der Waals surface area contributed by atoms with Crippen LogP contribution in [0.25, 0.3) is 66.4 Å². The van der Waals surface area contributed by atoms with Crippen LogP contribution >= 0.6 is 0 Å². The van der Waals surface area contributed by atoms with Crippen LogP contribution in [0.3, 0.4) is 0 Å². The molecule has 0 heterocycles. The van der Waals surface area contributed by atoms with Crippen molar-refractivity contribution in [3.63, 3.8) is 0 Å². The molecule has 0 fully saturated rings. The SMILES string of the molecule is c1ccc(-c2ccccc2N(c2ccc3c(c2)C2(c4ccccc4-3)c3ccccc3-c3cccc4ccc(-c5ccccc5)c2c34)c2cccc3c2-c2ccccc2C3(c2ccccc2)c2ccccc2)cc1. The highest BCUT2D eigenvalue weighted by atomic mass is 15.1. The van der Waals surface area contributed by atoms with Crippen LogP contribution < -0.4 is 4.90 Å². The molecule has 1 atom stereocenters. The lowest BCUT2D eigenvalue weighted by molar-refractivity contribution is 0.768. The van der Waals surface area contributed by atoms with Gasteiger partial charge in [0.2, 0.25) is 0 Å². The number of nitrogens with zero attached hydrogens (tertiary/aromatic N) is 1. The summed E-state index contributed by atoms with van der Waals surface area (Å²) in [6.07, 6.45) is 0. The molecule has 3 aliphatic carbocycles. The molecule has 12 aromatic rings. The summed E-state index contributed by atoms with van der Waals surface area (Å²) in [4.78, 5) is 2.59. The van der Waals surface area contributed by atoms with E-state index in [1.54, 1.807) is 0 Å². The van der Waals surface area contributed by atoms with E-state index in [0.717, 1.165) is 22.6 Å². The van der Waals surface area contributed by atoms with E-state index in [1.165, 1.54) is 105 Å². The minimum absolute atomic E-state index is 0.565. The highest BCUT2D eigenvalue weighted by Gasteiger charge is 2.52. The lowest BCUT2D eigenvalue weighted by Crippen LogP contribution is -2.32. The normalized spacial score (nSPS) is 15.0. The van der Waals surface area contributed by atoms with E-state index in [2.05, 4.69) is 290 Å². The lowest BCUT2D eigenvalue weighted by atomic mass is 9.60. The summed E-state index contributed by atoms with van der Waals surface area (Å²) in [5.41, 5.74) is 24.8. The molecule has 0 amide bonds. The molecule has 1 unspecified atom stereocenters. The second-order valence-corrected chi connectivity index (χ2v) is 19.8. The number of anilines is 3. The molecule has 73 heavy (non-hydrogen) atoms. The zero-order valence-corrected chi connectivity index (χ0v) is 40.1. The van der Waals surface area contributed by atoms with Crippen molar-refractivity contribution in [2.45, 2.75) is 10.8 Å². The van der Waals surface area contributed by atoms with E-state index in [9.17, 15) is 0 Å². The lowest BCUT2D eigenvalue weighted by Gasteiger charge is -2.42. The first-order chi connectivity index (χ1) is 36.3. The van der Waals surface area contributed by atoms with E-state index in [-0.39, 0.29) is 0 Å². The number of benzene rings is 12. The number of fused-ring (bicyclic) bond motifs is 12. The average Bonchev–Trinajstić information content (AvgIpc) is 4.04. The maximum Gasteiger partial charge on any atom is 0.0732 e. The Labute approximate surface area is 426 Å². The molecular formula is C72H47N. The maximum atomic E-state index is 2.59. The summed E-state index contributed by atoms with van der Waals surface area (Å²) in [7, 11) is 0. The van der Waals surface area contributed by atoms with E-state index in [1.807, 2.05) is 0 Å². The molecule has 0 N–H and O–H groups in total. The molecule has 340 valence electrons. The van der Waals surface area contributed by atoms with Crippen LogP contribution in [0.2, 0.25) is 0 Å². The molecule has 0 radical (unpaired) electrons. The summed E-state index contributed by atoms with van der Waals surface area (Å²) in [6.45, 7) is 0. The quantitative estimate of drug-likeness (QED) is 0.154. The Morgan fingerprint density at radius 2 is 0.712 bits per heavy atom. The number of rotatable bonds is 7. The monoisotopic (exact) mass is 925 g/mol. The molecule has 1 heteroatoms. The Balaban J connectivity index is 1.08. The number of hydrogen-bond acceptors (Lipinski definition) is 1. The molecule has 0 aromatic heterocycles. The summed E-state index contributed by atoms with van der Waals surface area (Å²) in [6, 6.07) is 107. The van der Waals surface area contributed by atoms with Gasteiger partial charge in [0, 0.05) is 16.8 Å². The van der Waals surface area contributed by atoms with Crippen LogP contribution in [0.15, 0.2) is 285 Å². The van der Waals surface area contributed by atoms with Crippen molar-refractivity contribution in [1.29, 1.82) is 0 Å². The summed E-state index contributed by atoms with van der Waals surface area (Å²) < 4.78 is 0. The van der Waals surface area contributed by atoms with Crippen molar-refractivity contribution in [2.24, 2.45) is 0 Å². The largest absolute Gasteiger partial charge is 0.309 e. The first-order valence-electron chi connectivity index (χ1n) is 25.5. The van der Waals surface area contributed by atoms with E-state index < -0.39 is 10.8 Å². The van der Waals surface area contributed by atoms with Gasteiger partial charge in [-0.25, -0.2) is 0 Å². The van der Waals surface area contributed by atoms with Crippen LogP contribution in [0.1, 0.15) is 44.5 Å². The smallest absolute Gasteiger partial charge is 0.0732 e. The van der Waals surface area contributed by atoms with Gasteiger partial charge in [-0.15, -0.1) is 0 Å². The predicted octanol–water partition coefficient (Wildman–Crippen LogP) is 18.4. The van der Waals surface area contributed by atoms with Crippen LogP contribution in [0.4, 0.5) is 17.1 Å². The zero-order valence-electron chi connectivity index (χ0n) is 40.1. The molecule has 15 rings (SSSR count). The summed E-state index contributed by atoms with van der Waals surface area (Å²) in [5, 5.41) is 2.57. The molecule has 0 saturated carbocycles. The van der Waals surface area contributed by atoms with Gasteiger partial charge in [0.1, 0.15) is 0 Å². The van der Waals surface area contributed by atoms with E-state index >= 15 is 0 Å². The Morgan fingerprint density at radius 1 is 0.260 bits per heavy atom. The zero-order chi connectivity index (χ0) is 48.1. The summed E-state index contributed by atoms with van der Waals surface area (Å²) in [5.74, 6) is 0. The Bertz CT molecular complexity index is 4100. The van der Waals surface area contributed by atoms with E-state index in [4.69, 9.17) is 0 Å². The predicted molar refractivity (Wildman–Crippen MR) is 303 cm³/mol. The molecule has 0 saturated heterocycles. The minimum Gasteiger partial charge on any atom is -0.309 e. The molecule has 3 aliphatic rings. The Kier molecular flexibility index (Phi) is 9.16. The molecule has 1 nitrogen and oxygen atoms in total. The van der Waals surface area contributed by atoms with Gasteiger partial charge < -0.3 is 4.90 Å². The van der Waals surface area contributed by atoms with Gasteiger partial charge in [0.05, 0.1) is 22.2 Å². The molecule has 0 bridgehead atoms. The van der Waals surface area contributed by atoms with Gasteiger partial charge in [-0.05, 0) is 124 Å². The van der Waals surface area contributed by atoms with Crippen molar-refractivity contribution >= 4 is 27.8 Å². The highest BCUT2D eigenvalue weighted by Crippen LogP contribution is 2.65. The fourth-order valence-electron chi connectivity index (χ4n) is 13.6. The third-order valence-electron chi connectivity index (χ3n) is 16.3. The van der Waals surface area contributed by atoms with E-state index in [0.29, 0.717) is 0 Å². The summed E-state index contributed by atoms with van der Waals surface area (Å²) >= 11 is 0. The standard InChI is InChI=1S/C72H47N/c1-5-23-48(24-6-1)54-32-16-20-41-66(54)73(67-42-22-40-64-69(67)60-35-15-19-39-63(60)71(64,51-28-9-3-10-29-51)52-30-11-4-12-31-52)53-44-46-58-56-33-13-17-37-61(56)72(65(58)47-53)62-38-18-14-34-57(62)59-36-21-27-50-43-45-55(70(72)68(50)59)49-25-7-2-8-26-49/h1-47H. The van der Waals surface area contributed by atoms with Crippen molar-refractivity contribution < 1.29 is 0 Å². The molecular weight excluding hydrogens is 879 g/mol. The second-order valence-electron chi connectivity index (χ2n) is 19.8. The van der Waals surface area contributed by atoms with Crippen LogP contribution in [-0.4, -0.2) is 0 Å². The van der Waals surface area contributed by atoms with Crippen molar-refractivity contribution in [2.75, 3.05) is 4.90 Å². The molecule has 12 aromatic carbocycles. The van der Waals surface area contributed by atoms with Crippen LogP contribution in [-0.2, 0) is 10.8 Å². The van der Waals surface area contributed by atoms with Gasteiger partial charge in [-0.3, -0.25) is 0 Å². The van der Waals surface area contributed by atoms with Gasteiger partial charge in [0.15, 0.2) is 0 Å². The third-order valence-corrected chi connectivity index (χ3v) is 16.3. The van der Waals surface area contributed by atoms with Crippen LogP contribution in [0, 0.1) is 0 Å². The van der Waals surface area contributed by atoms with Crippen molar-refractivity contribution in [3.8, 4) is 55.6 Å². The second kappa shape index (κ2) is 16.1. The van der Waals surface area contributed by atoms with Crippen LogP contribution in [0.5, 0.6) is 0 Å². The first-order valence-corrected chi connectivity index (χ1v) is 25.5. The van der Waals surface area contributed by atoms with Gasteiger partial charge in [-0.1, -0.05) is 261 Å². The first kappa shape index (κ1) is 41.5. The highest BCUT2D eigenvalue weighted by molar-refractivity contribution is 6.10. The van der Waals surface area contributed by atoms with Gasteiger partial charge in [0.25, 0.3) is 0 Å². The maximum absolute atomic E-state index is 2.59. The number of para-hydroxylation sites is 1. The third kappa shape index (κ3) is 5.74. The van der Waals surface area contributed by atoms with Crippen molar-refractivity contribution in [1.82, 2.24) is 0 Å². The van der Waals surface area contributed by atoms with Gasteiger partial charge >= 0.3 is 0 Å². The average molecular weight is 926 g/mol. The number of hydrogen-bond donors (Lipinski definition) is 0.